The highest BCUT2D eigenvalue weighted by molar-refractivity contribution is 6.24. The Morgan fingerprint density at radius 1 is 0.391 bits per heavy atom. The molecule has 1 N–H and O–H groups in total. The van der Waals surface area contributed by atoms with Crippen LogP contribution in [0.5, 0.6) is 0 Å². The molecule has 5 heteroatoms. The molecule has 0 atom stereocenters. The molecular formula is C59H38N4O. The van der Waals surface area contributed by atoms with Crippen molar-refractivity contribution in [3.63, 3.8) is 0 Å². The summed E-state index contributed by atoms with van der Waals surface area (Å²) in [7, 11) is 0. The van der Waals surface area contributed by atoms with Gasteiger partial charge < -0.3 is 14.3 Å². The van der Waals surface area contributed by atoms with E-state index in [1.807, 2.05) is 12.1 Å². The van der Waals surface area contributed by atoms with Crippen LogP contribution in [-0.4, -0.2) is 16.2 Å². The normalized spacial score (nSPS) is 13.2. The lowest BCUT2D eigenvalue weighted by Crippen LogP contribution is -2.36. The summed E-state index contributed by atoms with van der Waals surface area (Å²) < 4.78 is 9.56. The van der Waals surface area contributed by atoms with Gasteiger partial charge in [0.15, 0.2) is 6.17 Å². The maximum atomic E-state index is 7.14. The Balaban J connectivity index is 1.06. The molecule has 0 unspecified atom stereocenters. The van der Waals surface area contributed by atoms with E-state index in [-0.39, 0.29) is 0 Å². The van der Waals surface area contributed by atoms with Crippen molar-refractivity contribution >= 4 is 77.0 Å². The maximum Gasteiger partial charge on any atom is 0.173 e. The molecule has 0 bridgehead atoms. The van der Waals surface area contributed by atoms with E-state index in [0.29, 0.717) is 0 Å². The van der Waals surface area contributed by atoms with Crippen LogP contribution in [0.1, 0.15) is 22.9 Å². The fourth-order valence-corrected chi connectivity index (χ4v) is 9.80. The number of hydrogen-bond acceptors (Lipinski definition) is 4. The molecule has 1 aliphatic rings. The van der Waals surface area contributed by atoms with Gasteiger partial charge in [0.2, 0.25) is 0 Å². The number of rotatable bonds is 6. The van der Waals surface area contributed by atoms with Crippen molar-refractivity contribution in [2.45, 2.75) is 6.17 Å². The molecule has 10 aromatic carbocycles. The Morgan fingerprint density at radius 3 is 1.62 bits per heavy atom. The smallest absolute Gasteiger partial charge is 0.173 e. The summed E-state index contributed by atoms with van der Waals surface area (Å²) in [5.41, 5.74) is 12.3. The molecular weight excluding hydrogens is 781 g/mol. The number of nitrogens with one attached hydrogen (secondary N) is 1. The van der Waals surface area contributed by atoms with Crippen molar-refractivity contribution in [2.75, 3.05) is 0 Å². The summed E-state index contributed by atoms with van der Waals surface area (Å²) in [5.74, 6) is 1.49. The van der Waals surface area contributed by atoms with Crippen molar-refractivity contribution < 1.29 is 4.42 Å². The van der Waals surface area contributed by atoms with E-state index >= 15 is 0 Å². The second-order valence-electron chi connectivity index (χ2n) is 16.6. The molecule has 2 aromatic heterocycles. The third kappa shape index (κ3) is 5.86. The van der Waals surface area contributed by atoms with Crippen LogP contribution in [0.25, 0.3) is 93.2 Å². The van der Waals surface area contributed by atoms with Crippen LogP contribution in [0.4, 0.5) is 0 Å². The number of benzene rings is 10. The fraction of sp³-hybridized carbons (Fsp3) is 0.0169. The quantitative estimate of drug-likeness (QED) is 0.182. The zero-order chi connectivity index (χ0) is 42.1. The first kappa shape index (κ1) is 36.1. The first-order valence-electron chi connectivity index (χ1n) is 21.8. The van der Waals surface area contributed by atoms with E-state index in [2.05, 4.69) is 216 Å². The standard InChI is InChI=1S/C59H38N4O/c1-3-16-37(17-4-1)39-23-13-25-44(32-39)57-60-58(45-26-14-24-40(33-45)38-18-5-2-6-19-38)62-59(61-57)49-35-43-22-9-10-27-46(43)54-55-51(30-15-31-53(55)64-56(49)54)63-50-29-12-11-28-47(50)48-34-41-20-7-8-21-42(41)36-52(48)63/h1-36,59H,(H,60,61,62). The number of hydrogen-bond donors (Lipinski definition) is 1. The van der Waals surface area contributed by atoms with Crippen molar-refractivity contribution in [1.82, 2.24) is 9.88 Å². The molecule has 0 spiro atoms. The van der Waals surface area contributed by atoms with E-state index < -0.39 is 6.17 Å². The summed E-state index contributed by atoms with van der Waals surface area (Å²) in [6, 6.07) is 77.4. The minimum atomic E-state index is -0.622. The van der Waals surface area contributed by atoms with Crippen molar-refractivity contribution in [3.8, 4) is 27.9 Å². The zero-order valence-corrected chi connectivity index (χ0v) is 34.6. The first-order valence-corrected chi connectivity index (χ1v) is 21.8. The van der Waals surface area contributed by atoms with Crippen LogP contribution in [-0.2, 0) is 0 Å². The minimum absolute atomic E-state index is 0.622. The van der Waals surface area contributed by atoms with Gasteiger partial charge in [-0.15, -0.1) is 0 Å². The van der Waals surface area contributed by atoms with E-state index in [9.17, 15) is 0 Å². The molecule has 0 saturated carbocycles. The van der Waals surface area contributed by atoms with Gasteiger partial charge in [-0.05, 0) is 92.3 Å². The molecule has 0 saturated heterocycles. The Labute approximate surface area is 368 Å². The van der Waals surface area contributed by atoms with Crippen LogP contribution in [0.15, 0.2) is 233 Å². The van der Waals surface area contributed by atoms with Crippen molar-refractivity contribution in [2.24, 2.45) is 9.98 Å². The average Bonchev–Trinajstić information content (AvgIpc) is 3.92. The third-order valence-corrected chi connectivity index (χ3v) is 12.8. The second kappa shape index (κ2) is 14.5. The van der Waals surface area contributed by atoms with Crippen LogP contribution < -0.4 is 5.32 Å². The lowest BCUT2D eigenvalue weighted by Gasteiger charge is -2.23. The number of furan rings is 1. The molecule has 0 radical (unpaired) electrons. The van der Waals surface area contributed by atoms with Crippen molar-refractivity contribution in [1.29, 1.82) is 0 Å². The third-order valence-electron chi connectivity index (χ3n) is 12.8. The Hall–Kier alpha value is -8.54. The van der Waals surface area contributed by atoms with Gasteiger partial charge in [0.1, 0.15) is 22.8 Å². The van der Waals surface area contributed by atoms with Crippen LogP contribution >= 0.6 is 0 Å². The summed E-state index contributed by atoms with van der Waals surface area (Å²) in [6.07, 6.45) is -0.622. The van der Waals surface area contributed by atoms with Gasteiger partial charge in [-0.2, -0.15) is 0 Å². The highest BCUT2D eigenvalue weighted by Crippen LogP contribution is 2.45. The Bertz CT molecular complexity index is 3780. The molecule has 64 heavy (non-hydrogen) atoms. The van der Waals surface area contributed by atoms with Crippen molar-refractivity contribution in [3.05, 3.63) is 235 Å². The SMILES string of the molecule is c1ccc(-c2cccc(C3=NC(c4cc5ccccc5c5c4oc4cccc(-n6c7ccccc7c7cc8ccccc8cc76)c45)N=C(c4cccc(-c5ccccc5)c4)N3)c2)cc1. The summed E-state index contributed by atoms with van der Waals surface area (Å²) in [6.45, 7) is 0. The predicted molar refractivity (Wildman–Crippen MR) is 266 cm³/mol. The number of aliphatic imine (C=N–C) groups is 2. The molecule has 300 valence electrons. The monoisotopic (exact) mass is 818 g/mol. The van der Waals surface area contributed by atoms with Crippen LogP contribution in [0.2, 0.25) is 0 Å². The number of amidine groups is 2. The Kier molecular flexibility index (Phi) is 8.21. The molecule has 3 heterocycles. The van der Waals surface area contributed by atoms with E-state index in [1.54, 1.807) is 0 Å². The summed E-state index contributed by atoms with van der Waals surface area (Å²) in [5, 5.41) is 12.9. The molecule has 1 aliphatic heterocycles. The average molecular weight is 819 g/mol. The van der Waals surface area contributed by atoms with Gasteiger partial charge in [0, 0.05) is 32.8 Å². The second-order valence-corrected chi connectivity index (χ2v) is 16.6. The minimum Gasteiger partial charge on any atom is -0.456 e. The lowest BCUT2D eigenvalue weighted by atomic mass is 9.97. The molecule has 0 amide bonds. The summed E-state index contributed by atoms with van der Waals surface area (Å²) in [4.78, 5) is 11.0. The lowest BCUT2D eigenvalue weighted by molar-refractivity contribution is 0.649. The van der Waals surface area contributed by atoms with E-state index in [1.165, 1.54) is 21.5 Å². The largest absolute Gasteiger partial charge is 0.456 e. The van der Waals surface area contributed by atoms with Crippen LogP contribution in [0, 0.1) is 0 Å². The van der Waals surface area contributed by atoms with Gasteiger partial charge in [-0.25, -0.2) is 9.98 Å². The van der Waals surface area contributed by atoms with Gasteiger partial charge in [0.05, 0.1) is 22.1 Å². The van der Waals surface area contributed by atoms with Gasteiger partial charge in [-0.1, -0.05) is 170 Å². The summed E-state index contributed by atoms with van der Waals surface area (Å²) >= 11 is 0. The van der Waals surface area contributed by atoms with Gasteiger partial charge in [-0.3, -0.25) is 0 Å². The Morgan fingerprint density at radius 2 is 0.938 bits per heavy atom. The highest BCUT2D eigenvalue weighted by atomic mass is 16.3. The molecule has 0 fully saturated rings. The number of fused-ring (bicyclic) bond motifs is 9. The van der Waals surface area contributed by atoms with Gasteiger partial charge >= 0.3 is 0 Å². The zero-order valence-electron chi connectivity index (χ0n) is 34.6. The predicted octanol–water partition coefficient (Wildman–Crippen LogP) is 14.8. The highest BCUT2D eigenvalue weighted by Gasteiger charge is 2.27. The maximum absolute atomic E-state index is 7.14. The number of aromatic nitrogens is 1. The molecule has 0 aliphatic carbocycles. The first-order chi connectivity index (χ1) is 31.7. The molecule has 13 rings (SSSR count). The van der Waals surface area contributed by atoms with E-state index in [0.717, 1.165) is 100 Å². The van der Waals surface area contributed by atoms with Crippen LogP contribution in [0.3, 0.4) is 0 Å². The molecule has 5 nitrogen and oxygen atoms in total. The fourth-order valence-electron chi connectivity index (χ4n) is 9.80. The topological polar surface area (TPSA) is 54.8 Å². The number of nitrogens with zero attached hydrogens (tertiary/aromatic N) is 3. The van der Waals surface area contributed by atoms with Gasteiger partial charge in [0.25, 0.3) is 0 Å². The number of para-hydroxylation sites is 1. The molecule has 12 aromatic rings. The van der Waals surface area contributed by atoms with E-state index in [4.69, 9.17) is 14.4 Å².